The van der Waals surface area contributed by atoms with Crippen molar-refractivity contribution in [3.05, 3.63) is 71.3 Å². The fourth-order valence-corrected chi connectivity index (χ4v) is 2.14. The van der Waals surface area contributed by atoms with Crippen LogP contribution < -0.4 is 11.1 Å². The lowest BCUT2D eigenvalue weighted by atomic mass is 9.99. The van der Waals surface area contributed by atoms with E-state index in [1.54, 1.807) is 12.1 Å². The number of carbonyl (C=O) groups is 1. The SMILES string of the molecule is CC(C)c1ccc(C(N)CNC(=O)c2ccccc2)cc1.Cl. The minimum atomic E-state index is -0.195. The number of hydrogen-bond acceptors (Lipinski definition) is 2. The lowest BCUT2D eigenvalue weighted by Gasteiger charge is -2.14. The van der Waals surface area contributed by atoms with Crippen LogP contribution in [0, 0.1) is 0 Å². The summed E-state index contributed by atoms with van der Waals surface area (Å²) in [5.74, 6) is 0.415. The highest BCUT2D eigenvalue weighted by atomic mass is 35.5. The van der Waals surface area contributed by atoms with E-state index in [4.69, 9.17) is 5.73 Å². The molecule has 0 aliphatic carbocycles. The maximum absolute atomic E-state index is 12.0. The Kier molecular flexibility index (Phi) is 7.09. The molecule has 2 rings (SSSR count). The third-order valence-corrected chi connectivity index (χ3v) is 3.55. The molecule has 2 aromatic carbocycles. The van der Waals surface area contributed by atoms with Crippen molar-refractivity contribution in [1.82, 2.24) is 5.32 Å². The van der Waals surface area contributed by atoms with Gasteiger partial charge in [0.15, 0.2) is 0 Å². The molecule has 1 atom stereocenters. The van der Waals surface area contributed by atoms with Crippen LogP contribution in [0.4, 0.5) is 0 Å². The smallest absolute Gasteiger partial charge is 0.251 e. The van der Waals surface area contributed by atoms with E-state index in [-0.39, 0.29) is 24.4 Å². The molecule has 0 aromatic heterocycles. The van der Waals surface area contributed by atoms with Crippen LogP contribution in [0.5, 0.6) is 0 Å². The maximum atomic E-state index is 12.0. The summed E-state index contributed by atoms with van der Waals surface area (Å²) in [5, 5.41) is 2.87. The van der Waals surface area contributed by atoms with Crippen LogP contribution in [0.3, 0.4) is 0 Å². The molecule has 0 aliphatic heterocycles. The maximum Gasteiger partial charge on any atom is 0.251 e. The number of hydrogen-bond donors (Lipinski definition) is 2. The standard InChI is InChI=1S/C18H22N2O.ClH/c1-13(2)14-8-10-15(11-9-14)17(19)12-20-18(21)16-6-4-3-5-7-16;/h3-11,13,17H,12,19H2,1-2H3,(H,20,21);1H. The van der Waals surface area contributed by atoms with Gasteiger partial charge in [0.05, 0.1) is 0 Å². The van der Waals surface area contributed by atoms with Crippen LogP contribution in [-0.2, 0) is 0 Å². The van der Waals surface area contributed by atoms with Crippen LogP contribution >= 0.6 is 12.4 Å². The summed E-state index contributed by atoms with van der Waals surface area (Å²) < 4.78 is 0. The zero-order valence-corrected chi connectivity index (χ0v) is 13.8. The van der Waals surface area contributed by atoms with Crippen molar-refractivity contribution in [3.8, 4) is 0 Å². The molecule has 2 aromatic rings. The Balaban J connectivity index is 0.00000242. The quantitative estimate of drug-likeness (QED) is 0.884. The molecule has 0 aliphatic rings. The van der Waals surface area contributed by atoms with E-state index in [1.807, 2.05) is 30.3 Å². The number of amides is 1. The topological polar surface area (TPSA) is 55.1 Å². The Morgan fingerprint density at radius 1 is 1.00 bits per heavy atom. The fourth-order valence-electron chi connectivity index (χ4n) is 2.14. The molecule has 1 unspecified atom stereocenters. The molecule has 1 amide bonds. The number of halogens is 1. The van der Waals surface area contributed by atoms with Gasteiger partial charge in [-0.3, -0.25) is 4.79 Å². The summed E-state index contributed by atoms with van der Waals surface area (Å²) in [6.45, 7) is 4.75. The minimum Gasteiger partial charge on any atom is -0.350 e. The Hall–Kier alpha value is -1.84. The van der Waals surface area contributed by atoms with E-state index in [0.717, 1.165) is 5.56 Å². The number of carbonyl (C=O) groups excluding carboxylic acids is 1. The van der Waals surface area contributed by atoms with Gasteiger partial charge in [0.2, 0.25) is 0 Å². The molecule has 0 saturated carbocycles. The van der Waals surface area contributed by atoms with Gasteiger partial charge in [-0.25, -0.2) is 0 Å². The van der Waals surface area contributed by atoms with E-state index in [9.17, 15) is 4.79 Å². The molecule has 0 fully saturated rings. The lowest BCUT2D eigenvalue weighted by molar-refractivity contribution is 0.0951. The molecular weight excluding hydrogens is 296 g/mol. The second kappa shape index (κ2) is 8.57. The first-order chi connectivity index (χ1) is 10.1. The van der Waals surface area contributed by atoms with Crippen molar-refractivity contribution in [3.63, 3.8) is 0 Å². The van der Waals surface area contributed by atoms with Gasteiger partial charge in [-0.15, -0.1) is 12.4 Å². The van der Waals surface area contributed by atoms with Gasteiger partial charge in [0.1, 0.15) is 0 Å². The van der Waals surface area contributed by atoms with Gasteiger partial charge >= 0.3 is 0 Å². The van der Waals surface area contributed by atoms with Crippen LogP contribution in [0.25, 0.3) is 0 Å². The summed E-state index contributed by atoms with van der Waals surface area (Å²) in [4.78, 5) is 12.0. The molecule has 0 bridgehead atoms. The predicted molar refractivity (Wildman–Crippen MR) is 93.5 cm³/mol. The first kappa shape index (κ1) is 18.2. The van der Waals surface area contributed by atoms with Crippen LogP contribution in [-0.4, -0.2) is 12.5 Å². The molecule has 22 heavy (non-hydrogen) atoms. The van der Waals surface area contributed by atoms with Crippen molar-refractivity contribution in [1.29, 1.82) is 0 Å². The van der Waals surface area contributed by atoms with Gasteiger partial charge in [-0.1, -0.05) is 56.3 Å². The normalized spacial score (nSPS) is 11.6. The van der Waals surface area contributed by atoms with E-state index in [2.05, 4.69) is 31.3 Å². The van der Waals surface area contributed by atoms with Crippen LogP contribution in [0.2, 0.25) is 0 Å². The Bertz CT molecular complexity index is 582. The summed E-state index contributed by atoms with van der Waals surface area (Å²) in [6, 6.07) is 17.2. The largest absolute Gasteiger partial charge is 0.350 e. The summed E-state index contributed by atoms with van der Waals surface area (Å²) in [7, 11) is 0. The Labute approximate surface area is 138 Å². The molecule has 3 N–H and O–H groups in total. The van der Waals surface area contributed by atoms with E-state index >= 15 is 0 Å². The Morgan fingerprint density at radius 2 is 1.55 bits per heavy atom. The highest BCUT2D eigenvalue weighted by Crippen LogP contribution is 2.17. The monoisotopic (exact) mass is 318 g/mol. The van der Waals surface area contributed by atoms with E-state index < -0.39 is 0 Å². The summed E-state index contributed by atoms with van der Waals surface area (Å²) >= 11 is 0. The van der Waals surface area contributed by atoms with Gasteiger partial charge < -0.3 is 11.1 Å². The van der Waals surface area contributed by atoms with Crippen molar-refractivity contribution in [2.75, 3.05) is 6.54 Å². The van der Waals surface area contributed by atoms with E-state index in [0.29, 0.717) is 18.0 Å². The van der Waals surface area contributed by atoms with Crippen molar-refractivity contribution in [2.24, 2.45) is 5.73 Å². The molecular formula is C18H23ClN2O. The minimum absolute atomic E-state index is 0. The molecule has 0 saturated heterocycles. The Morgan fingerprint density at radius 3 is 2.09 bits per heavy atom. The lowest BCUT2D eigenvalue weighted by Crippen LogP contribution is -2.31. The third-order valence-electron chi connectivity index (χ3n) is 3.55. The van der Waals surface area contributed by atoms with Gasteiger partial charge in [-0.05, 0) is 29.2 Å². The number of rotatable bonds is 5. The third kappa shape index (κ3) is 4.86. The first-order valence-corrected chi connectivity index (χ1v) is 7.26. The fraction of sp³-hybridized carbons (Fsp3) is 0.278. The average molecular weight is 319 g/mol. The van der Waals surface area contributed by atoms with Crippen molar-refractivity contribution in [2.45, 2.75) is 25.8 Å². The highest BCUT2D eigenvalue weighted by molar-refractivity contribution is 5.94. The zero-order chi connectivity index (χ0) is 15.2. The number of benzene rings is 2. The number of nitrogens with two attached hydrogens (primary N) is 1. The van der Waals surface area contributed by atoms with E-state index in [1.165, 1.54) is 5.56 Å². The van der Waals surface area contributed by atoms with Crippen molar-refractivity contribution >= 4 is 18.3 Å². The summed E-state index contributed by atoms with van der Waals surface area (Å²) in [5.41, 5.74) is 9.11. The highest BCUT2D eigenvalue weighted by Gasteiger charge is 2.10. The molecule has 0 heterocycles. The average Bonchev–Trinajstić information content (AvgIpc) is 2.53. The van der Waals surface area contributed by atoms with Gasteiger partial charge in [0.25, 0.3) is 5.91 Å². The molecule has 118 valence electrons. The first-order valence-electron chi connectivity index (χ1n) is 7.26. The second-order valence-corrected chi connectivity index (χ2v) is 5.50. The van der Waals surface area contributed by atoms with Gasteiger partial charge in [0, 0.05) is 18.2 Å². The second-order valence-electron chi connectivity index (χ2n) is 5.50. The van der Waals surface area contributed by atoms with Crippen LogP contribution in [0.15, 0.2) is 54.6 Å². The number of nitrogens with one attached hydrogen (secondary N) is 1. The van der Waals surface area contributed by atoms with Crippen molar-refractivity contribution < 1.29 is 4.79 Å². The predicted octanol–water partition coefficient (Wildman–Crippen LogP) is 3.66. The molecule has 3 nitrogen and oxygen atoms in total. The summed E-state index contributed by atoms with van der Waals surface area (Å²) in [6.07, 6.45) is 0. The molecule has 0 radical (unpaired) electrons. The van der Waals surface area contributed by atoms with Gasteiger partial charge in [-0.2, -0.15) is 0 Å². The zero-order valence-electron chi connectivity index (χ0n) is 13.0. The molecule has 4 heteroatoms. The van der Waals surface area contributed by atoms with Crippen LogP contribution in [0.1, 0.15) is 47.3 Å². The molecule has 0 spiro atoms.